The molecule has 20 heavy (non-hydrogen) atoms. The second-order valence-electron chi connectivity index (χ2n) is 5.31. The molecule has 2 aliphatic rings. The number of ether oxygens (including phenoxy) is 2. The summed E-state index contributed by atoms with van der Waals surface area (Å²) in [5.41, 5.74) is 1.17. The molecule has 1 aliphatic carbocycles. The third-order valence-electron chi connectivity index (χ3n) is 4.02. The zero-order valence-corrected chi connectivity index (χ0v) is 11.3. The number of hydrogen-bond acceptors (Lipinski definition) is 4. The number of carboxylic acid groups (broad SMARTS) is 1. The minimum absolute atomic E-state index is 0.129. The van der Waals surface area contributed by atoms with Crippen LogP contribution in [0.4, 0.5) is 0 Å². The molecule has 2 atom stereocenters. The Labute approximate surface area is 117 Å². The summed E-state index contributed by atoms with van der Waals surface area (Å²) in [5.74, 6) is 0.710. The van der Waals surface area contributed by atoms with Crippen molar-refractivity contribution in [3.63, 3.8) is 0 Å². The van der Waals surface area contributed by atoms with Gasteiger partial charge in [0, 0.05) is 6.04 Å². The van der Waals surface area contributed by atoms with Gasteiger partial charge in [-0.1, -0.05) is 6.07 Å². The average Bonchev–Trinajstić information content (AvgIpc) is 2.41. The summed E-state index contributed by atoms with van der Waals surface area (Å²) >= 11 is 0. The van der Waals surface area contributed by atoms with E-state index in [1.54, 1.807) is 0 Å². The number of carboxylic acids is 1. The molecule has 1 fully saturated rings. The predicted octanol–water partition coefficient (Wildman–Crippen LogP) is 1.45. The maximum absolute atomic E-state index is 10.9. The molecule has 0 radical (unpaired) electrons. The highest BCUT2D eigenvalue weighted by Gasteiger charge is 2.35. The van der Waals surface area contributed by atoms with Crippen molar-refractivity contribution >= 4 is 5.97 Å². The van der Waals surface area contributed by atoms with E-state index in [0.717, 1.165) is 37.3 Å². The summed E-state index contributed by atoms with van der Waals surface area (Å²) in [6.07, 6.45) is 2.61. The fraction of sp³-hybridized carbons (Fsp3) is 0.533. The third-order valence-corrected chi connectivity index (χ3v) is 4.02. The first-order valence-corrected chi connectivity index (χ1v) is 7.09. The van der Waals surface area contributed by atoms with Gasteiger partial charge in [0.25, 0.3) is 0 Å². The van der Waals surface area contributed by atoms with Crippen LogP contribution in [0.25, 0.3) is 0 Å². The fourth-order valence-electron chi connectivity index (χ4n) is 2.69. The van der Waals surface area contributed by atoms with E-state index in [4.69, 9.17) is 14.6 Å². The molecule has 1 heterocycles. The van der Waals surface area contributed by atoms with Gasteiger partial charge in [0.15, 0.2) is 11.5 Å². The van der Waals surface area contributed by atoms with E-state index < -0.39 is 5.97 Å². The van der Waals surface area contributed by atoms with Gasteiger partial charge >= 0.3 is 5.97 Å². The Kier molecular flexibility index (Phi) is 3.78. The largest absolute Gasteiger partial charge is 0.486 e. The van der Waals surface area contributed by atoms with Gasteiger partial charge in [-0.05, 0) is 43.5 Å². The topological polar surface area (TPSA) is 67.8 Å². The molecule has 5 heteroatoms. The number of carbonyl (C=O) groups is 1. The van der Waals surface area contributed by atoms with E-state index in [9.17, 15) is 4.79 Å². The molecule has 1 aliphatic heterocycles. The molecule has 0 saturated heterocycles. The summed E-state index contributed by atoms with van der Waals surface area (Å²) in [4.78, 5) is 10.9. The highest BCUT2D eigenvalue weighted by molar-refractivity contribution is 5.72. The number of benzene rings is 1. The van der Waals surface area contributed by atoms with Crippen molar-refractivity contribution in [2.45, 2.75) is 25.3 Å². The molecule has 0 amide bonds. The van der Waals surface area contributed by atoms with Crippen molar-refractivity contribution < 1.29 is 19.4 Å². The van der Waals surface area contributed by atoms with E-state index in [2.05, 4.69) is 5.32 Å². The molecule has 1 aromatic rings. The number of nitrogens with one attached hydrogen (secondary N) is 1. The van der Waals surface area contributed by atoms with Crippen molar-refractivity contribution in [1.29, 1.82) is 0 Å². The molecule has 0 spiro atoms. The van der Waals surface area contributed by atoms with E-state index in [1.807, 2.05) is 18.2 Å². The maximum atomic E-state index is 10.9. The van der Waals surface area contributed by atoms with Gasteiger partial charge in [0.05, 0.1) is 5.92 Å². The molecular weight excluding hydrogens is 258 g/mol. The Hall–Kier alpha value is -1.75. The lowest BCUT2D eigenvalue weighted by Gasteiger charge is -2.34. The minimum Gasteiger partial charge on any atom is -0.486 e. The SMILES string of the molecule is O=C(O)C1CCC1NCCc1ccc2c(c1)OCCO2. The first-order chi connectivity index (χ1) is 9.74. The summed E-state index contributed by atoms with van der Waals surface area (Å²) < 4.78 is 11.0. The lowest BCUT2D eigenvalue weighted by Crippen LogP contribution is -2.48. The van der Waals surface area contributed by atoms with Crippen molar-refractivity contribution in [3.8, 4) is 11.5 Å². The van der Waals surface area contributed by atoms with Crippen LogP contribution in [0.1, 0.15) is 18.4 Å². The van der Waals surface area contributed by atoms with Gasteiger partial charge < -0.3 is 19.9 Å². The highest BCUT2D eigenvalue weighted by Crippen LogP contribution is 2.31. The number of rotatable bonds is 5. The van der Waals surface area contributed by atoms with Gasteiger partial charge in [-0.25, -0.2) is 0 Å². The zero-order valence-electron chi connectivity index (χ0n) is 11.3. The summed E-state index contributed by atoms with van der Waals surface area (Å²) in [5, 5.41) is 12.3. The van der Waals surface area contributed by atoms with Gasteiger partial charge in [0.2, 0.25) is 0 Å². The Morgan fingerprint density at radius 3 is 2.75 bits per heavy atom. The molecule has 2 unspecified atom stereocenters. The predicted molar refractivity (Wildman–Crippen MR) is 73.3 cm³/mol. The smallest absolute Gasteiger partial charge is 0.308 e. The Morgan fingerprint density at radius 2 is 2.05 bits per heavy atom. The maximum Gasteiger partial charge on any atom is 0.308 e. The van der Waals surface area contributed by atoms with E-state index >= 15 is 0 Å². The van der Waals surface area contributed by atoms with E-state index in [-0.39, 0.29) is 12.0 Å². The molecular formula is C15H19NO4. The first kappa shape index (κ1) is 13.2. The van der Waals surface area contributed by atoms with Gasteiger partial charge in [-0.15, -0.1) is 0 Å². The fourth-order valence-corrected chi connectivity index (χ4v) is 2.69. The van der Waals surface area contributed by atoms with Gasteiger partial charge in [-0.3, -0.25) is 4.79 Å². The summed E-state index contributed by atoms with van der Waals surface area (Å²) in [7, 11) is 0. The molecule has 1 saturated carbocycles. The molecule has 3 rings (SSSR count). The molecule has 108 valence electrons. The zero-order chi connectivity index (χ0) is 13.9. The molecule has 5 nitrogen and oxygen atoms in total. The van der Waals surface area contributed by atoms with Crippen molar-refractivity contribution in [2.24, 2.45) is 5.92 Å². The van der Waals surface area contributed by atoms with E-state index in [0.29, 0.717) is 13.2 Å². The Morgan fingerprint density at radius 1 is 1.25 bits per heavy atom. The van der Waals surface area contributed by atoms with Crippen molar-refractivity contribution in [1.82, 2.24) is 5.32 Å². The average molecular weight is 277 g/mol. The number of hydrogen-bond donors (Lipinski definition) is 2. The second-order valence-corrected chi connectivity index (χ2v) is 5.31. The molecule has 0 aromatic heterocycles. The van der Waals surface area contributed by atoms with E-state index in [1.165, 1.54) is 5.56 Å². The van der Waals surface area contributed by atoms with Crippen LogP contribution in [0.15, 0.2) is 18.2 Å². The molecule has 0 bridgehead atoms. The van der Waals surface area contributed by atoms with Crippen molar-refractivity contribution in [3.05, 3.63) is 23.8 Å². The molecule has 1 aromatic carbocycles. The van der Waals surface area contributed by atoms with Gasteiger partial charge in [0.1, 0.15) is 13.2 Å². The summed E-state index contributed by atoms with van der Waals surface area (Å²) in [6.45, 7) is 1.98. The second kappa shape index (κ2) is 5.71. The first-order valence-electron chi connectivity index (χ1n) is 7.09. The Balaban J connectivity index is 1.50. The standard InChI is InChI=1S/C15H19NO4/c17-15(18)11-2-3-12(11)16-6-5-10-1-4-13-14(9-10)20-8-7-19-13/h1,4,9,11-12,16H,2-3,5-8H2,(H,17,18). The lowest BCUT2D eigenvalue weighted by atomic mass is 9.79. The highest BCUT2D eigenvalue weighted by atomic mass is 16.6. The number of aliphatic carboxylic acids is 1. The normalized spacial score (nSPS) is 24.0. The van der Waals surface area contributed by atoms with Crippen LogP contribution in [0.2, 0.25) is 0 Å². The Bertz CT molecular complexity index is 503. The monoisotopic (exact) mass is 277 g/mol. The minimum atomic E-state index is -0.687. The third kappa shape index (κ3) is 2.72. The van der Waals surface area contributed by atoms with Crippen LogP contribution in [0.5, 0.6) is 11.5 Å². The van der Waals surface area contributed by atoms with Crippen LogP contribution in [-0.4, -0.2) is 36.9 Å². The van der Waals surface area contributed by atoms with Crippen LogP contribution >= 0.6 is 0 Å². The quantitative estimate of drug-likeness (QED) is 0.852. The van der Waals surface area contributed by atoms with Crippen LogP contribution in [-0.2, 0) is 11.2 Å². The van der Waals surface area contributed by atoms with Crippen LogP contribution in [0.3, 0.4) is 0 Å². The molecule has 2 N–H and O–H groups in total. The lowest BCUT2D eigenvalue weighted by molar-refractivity contribution is -0.146. The summed E-state index contributed by atoms with van der Waals surface area (Å²) in [6, 6.07) is 6.11. The number of fused-ring (bicyclic) bond motifs is 1. The van der Waals surface area contributed by atoms with Crippen LogP contribution in [0, 0.1) is 5.92 Å². The van der Waals surface area contributed by atoms with Gasteiger partial charge in [-0.2, -0.15) is 0 Å². The van der Waals surface area contributed by atoms with Crippen LogP contribution < -0.4 is 14.8 Å². The van der Waals surface area contributed by atoms with Crippen molar-refractivity contribution in [2.75, 3.05) is 19.8 Å².